The van der Waals surface area contributed by atoms with E-state index >= 15 is 0 Å². The molecule has 0 saturated carbocycles. The van der Waals surface area contributed by atoms with Gasteiger partial charge in [-0.2, -0.15) is 17.0 Å². The fourth-order valence-corrected chi connectivity index (χ4v) is 4.30. The summed E-state index contributed by atoms with van der Waals surface area (Å²) in [7, 11) is 0. The molecule has 2 fully saturated rings. The van der Waals surface area contributed by atoms with Crippen LogP contribution >= 0.6 is 11.8 Å². The van der Waals surface area contributed by atoms with Crippen LogP contribution < -0.4 is 5.32 Å². The van der Waals surface area contributed by atoms with Crippen molar-refractivity contribution >= 4 is 23.6 Å². The van der Waals surface area contributed by atoms with Gasteiger partial charge in [0.05, 0.1) is 24.2 Å². The van der Waals surface area contributed by atoms with Crippen LogP contribution in [-0.2, 0) is 16.1 Å². The van der Waals surface area contributed by atoms with E-state index in [0.717, 1.165) is 17.2 Å². The van der Waals surface area contributed by atoms with Crippen molar-refractivity contribution in [3.8, 4) is 6.07 Å². The Morgan fingerprint density at radius 1 is 1.46 bits per heavy atom. The minimum absolute atomic E-state index is 0.0361. The average molecular weight is 344 g/mol. The molecular weight excluding hydrogens is 324 g/mol. The number of carbonyl (C=O) groups is 2. The number of thioether (sulfide) groups is 1. The molecule has 3 rings (SSSR count). The molecule has 2 saturated heterocycles. The van der Waals surface area contributed by atoms with Crippen molar-refractivity contribution in [2.75, 3.05) is 18.1 Å². The maximum absolute atomic E-state index is 12.6. The molecule has 0 radical (unpaired) electrons. The first-order chi connectivity index (χ1) is 11.6. The van der Waals surface area contributed by atoms with Crippen molar-refractivity contribution in [1.82, 2.24) is 15.2 Å². The monoisotopic (exact) mass is 344 g/mol. The molecule has 1 atom stereocenters. The maximum Gasteiger partial charge on any atom is 0.226 e. The van der Waals surface area contributed by atoms with E-state index in [0.29, 0.717) is 25.9 Å². The summed E-state index contributed by atoms with van der Waals surface area (Å²) < 4.78 is 0. The Labute approximate surface area is 145 Å². The van der Waals surface area contributed by atoms with Gasteiger partial charge in [-0.1, -0.05) is 6.07 Å². The molecule has 126 valence electrons. The third-order valence-electron chi connectivity index (χ3n) is 4.59. The predicted octanol–water partition coefficient (Wildman–Crippen LogP) is 1.34. The van der Waals surface area contributed by atoms with Crippen molar-refractivity contribution in [2.45, 2.75) is 31.3 Å². The quantitative estimate of drug-likeness (QED) is 0.891. The van der Waals surface area contributed by atoms with Crippen LogP contribution in [0.4, 0.5) is 0 Å². The number of amides is 2. The maximum atomic E-state index is 12.6. The first kappa shape index (κ1) is 16.8. The number of nitrogens with zero attached hydrogens (tertiary/aromatic N) is 3. The van der Waals surface area contributed by atoms with Gasteiger partial charge in [-0.15, -0.1) is 0 Å². The van der Waals surface area contributed by atoms with E-state index in [4.69, 9.17) is 0 Å². The minimum atomic E-state index is -0.764. The smallest absolute Gasteiger partial charge is 0.226 e. The number of pyridine rings is 1. The summed E-state index contributed by atoms with van der Waals surface area (Å²) in [6.45, 7) is 0.807. The molecule has 24 heavy (non-hydrogen) atoms. The van der Waals surface area contributed by atoms with Crippen LogP contribution in [-0.4, -0.2) is 45.3 Å². The SMILES string of the molecule is N#CC1(NC(=O)[C@@H]2CC(=O)N(Cc3ccccn3)C2)CCSCC1. The van der Waals surface area contributed by atoms with Gasteiger partial charge >= 0.3 is 0 Å². The third kappa shape index (κ3) is 3.70. The Hall–Kier alpha value is -2.07. The first-order valence-electron chi connectivity index (χ1n) is 8.11. The zero-order valence-electron chi connectivity index (χ0n) is 13.4. The van der Waals surface area contributed by atoms with Gasteiger partial charge in [0.2, 0.25) is 11.8 Å². The average Bonchev–Trinajstić information content (AvgIpc) is 2.97. The van der Waals surface area contributed by atoms with E-state index in [9.17, 15) is 14.9 Å². The number of hydrogen-bond donors (Lipinski definition) is 1. The molecule has 2 amide bonds. The van der Waals surface area contributed by atoms with Gasteiger partial charge in [0, 0.05) is 19.2 Å². The zero-order chi connectivity index (χ0) is 17.0. The number of rotatable bonds is 4. The van der Waals surface area contributed by atoms with Gasteiger partial charge in [-0.3, -0.25) is 14.6 Å². The van der Waals surface area contributed by atoms with E-state index < -0.39 is 5.54 Å². The highest BCUT2D eigenvalue weighted by Crippen LogP contribution is 2.28. The van der Waals surface area contributed by atoms with Gasteiger partial charge in [0.15, 0.2) is 0 Å². The summed E-state index contributed by atoms with van der Waals surface area (Å²) in [5.41, 5.74) is 0.0458. The number of aromatic nitrogens is 1. The second-order valence-corrected chi connectivity index (χ2v) is 7.52. The number of likely N-dealkylation sites (tertiary alicyclic amines) is 1. The summed E-state index contributed by atoms with van der Waals surface area (Å²) in [6, 6.07) is 7.85. The van der Waals surface area contributed by atoms with Crippen LogP contribution in [0.1, 0.15) is 25.0 Å². The van der Waals surface area contributed by atoms with Crippen molar-refractivity contribution in [3.05, 3.63) is 30.1 Å². The molecule has 0 aliphatic carbocycles. The summed E-state index contributed by atoms with van der Waals surface area (Å²) in [4.78, 5) is 30.6. The summed E-state index contributed by atoms with van der Waals surface area (Å²) in [5, 5.41) is 12.4. The van der Waals surface area contributed by atoms with Gasteiger partial charge in [0.1, 0.15) is 5.54 Å². The molecule has 6 nitrogen and oxygen atoms in total. The van der Waals surface area contributed by atoms with Crippen LogP contribution in [0.5, 0.6) is 0 Å². The van der Waals surface area contributed by atoms with Crippen molar-refractivity contribution in [1.29, 1.82) is 5.26 Å². The lowest BCUT2D eigenvalue weighted by Crippen LogP contribution is -2.51. The Morgan fingerprint density at radius 2 is 2.25 bits per heavy atom. The second-order valence-electron chi connectivity index (χ2n) is 6.29. The summed E-state index contributed by atoms with van der Waals surface area (Å²) in [5.74, 6) is 1.15. The second kappa shape index (κ2) is 7.22. The molecule has 0 bridgehead atoms. The standard InChI is InChI=1S/C17H20N4O2S/c18-12-17(4-7-24-8-5-17)20-16(23)13-9-15(22)21(10-13)11-14-3-1-2-6-19-14/h1-3,6,13H,4-5,7-11H2,(H,20,23)/t13-/m1/s1. The van der Waals surface area contributed by atoms with E-state index in [1.807, 2.05) is 18.2 Å². The summed E-state index contributed by atoms with van der Waals surface area (Å²) in [6.07, 6.45) is 3.23. The molecule has 3 heterocycles. The van der Waals surface area contributed by atoms with E-state index in [1.165, 1.54) is 0 Å². The van der Waals surface area contributed by atoms with Crippen LogP contribution in [0, 0.1) is 17.2 Å². The van der Waals surface area contributed by atoms with Gasteiger partial charge < -0.3 is 10.2 Å². The Bertz CT molecular complexity index is 652. The van der Waals surface area contributed by atoms with Gasteiger partial charge in [0.25, 0.3) is 0 Å². The molecule has 1 aromatic rings. The number of hydrogen-bond acceptors (Lipinski definition) is 5. The highest BCUT2D eigenvalue weighted by molar-refractivity contribution is 7.99. The van der Waals surface area contributed by atoms with Crippen LogP contribution in [0.25, 0.3) is 0 Å². The lowest BCUT2D eigenvalue weighted by molar-refractivity contribution is -0.129. The van der Waals surface area contributed by atoms with E-state index in [1.54, 1.807) is 22.9 Å². The Balaban J connectivity index is 1.60. The molecule has 0 aromatic carbocycles. The molecule has 7 heteroatoms. The molecule has 0 spiro atoms. The number of carbonyl (C=O) groups excluding carboxylic acids is 2. The molecule has 1 aromatic heterocycles. The highest BCUT2D eigenvalue weighted by atomic mass is 32.2. The molecular formula is C17H20N4O2S. The lowest BCUT2D eigenvalue weighted by Gasteiger charge is -2.32. The van der Waals surface area contributed by atoms with Gasteiger partial charge in [-0.25, -0.2) is 0 Å². The summed E-state index contributed by atoms with van der Waals surface area (Å²) >= 11 is 1.80. The van der Waals surface area contributed by atoms with Crippen molar-refractivity contribution in [2.24, 2.45) is 5.92 Å². The molecule has 1 N–H and O–H groups in total. The van der Waals surface area contributed by atoms with E-state index in [2.05, 4.69) is 16.4 Å². The van der Waals surface area contributed by atoms with Crippen LogP contribution in [0.15, 0.2) is 24.4 Å². The topological polar surface area (TPSA) is 86.1 Å². The number of nitrogens with one attached hydrogen (secondary N) is 1. The van der Waals surface area contributed by atoms with Crippen molar-refractivity contribution in [3.63, 3.8) is 0 Å². The largest absolute Gasteiger partial charge is 0.337 e. The van der Waals surface area contributed by atoms with Crippen molar-refractivity contribution < 1.29 is 9.59 Å². The highest BCUT2D eigenvalue weighted by Gasteiger charge is 2.39. The van der Waals surface area contributed by atoms with Gasteiger partial charge in [-0.05, 0) is 36.5 Å². The molecule has 2 aliphatic rings. The van der Waals surface area contributed by atoms with E-state index in [-0.39, 0.29) is 24.2 Å². The Kier molecular flexibility index (Phi) is 5.05. The third-order valence-corrected chi connectivity index (χ3v) is 5.57. The fourth-order valence-electron chi connectivity index (χ4n) is 3.11. The zero-order valence-corrected chi connectivity index (χ0v) is 14.2. The predicted molar refractivity (Wildman–Crippen MR) is 90.8 cm³/mol. The van der Waals surface area contributed by atoms with Crippen LogP contribution in [0.2, 0.25) is 0 Å². The number of nitriles is 1. The first-order valence-corrected chi connectivity index (χ1v) is 9.26. The fraction of sp³-hybridized carbons (Fsp3) is 0.529. The lowest BCUT2D eigenvalue weighted by atomic mass is 9.93. The molecule has 0 unspecified atom stereocenters. The molecule has 2 aliphatic heterocycles. The normalized spacial score (nSPS) is 22.9. The van der Waals surface area contributed by atoms with Crippen LogP contribution in [0.3, 0.4) is 0 Å². The minimum Gasteiger partial charge on any atom is -0.337 e. The Morgan fingerprint density at radius 3 is 2.92 bits per heavy atom.